The molecule has 0 bridgehead atoms. The summed E-state index contributed by atoms with van der Waals surface area (Å²) in [4.78, 5) is 31.2. The van der Waals surface area contributed by atoms with E-state index in [1.54, 1.807) is 6.20 Å². The molecule has 1 atom stereocenters. The van der Waals surface area contributed by atoms with Crippen LogP contribution in [0.5, 0.6) is 0 Å². The molecule has 1 aromatic rings. The normalized spacial score (nSPS) is 20.9. The van der Waals surface area contributed by atoms with Crippen LogP contribution >= 0.6 is 0 Å². The Kier molecular flexibility index (Phi) is 7.24. The van der Waals surface area contributed by atoms with Gasteiger partial charge in [0.2, 0.25) is 5.95 Å². The number of likely N-dealkylation sites (N-methyl/N-ethyl adjacent to an activating group) is 2. The lowest BCUT2D eigenvalue weighted by Crippen LogP contribution is -2.49. The average Bonchev–Trinajstić information content (AvgIpc) is 2.72. The second-order valence-corrected chi connectivity index (χ2v) is 8.55. The monoisotopic (exact) mass is 388 g/mol. The first-order valence-electron chi connectivity index (χ1n) is 10.7. The van der Waals surface area contributed by atoms with E-state index in [0.29, 0.717) is 11.6 Å². The van der Waals surface area contributed by atoms with Crippen molar-refractivity contribution in [1.82, 2.24) is 24.7 Å². The highest BCUT2D eigenvalue weighted by atomic mass is 16.2. The van der Waals surface area contributed by atoms with Gasteiger partial charge in [0.05, 0.1) is 11.3 Å². The Morgan fingerprint density at radius 1 is 1.11 bits per heavy atom. The predicted octanol–water partition coefficient (Wildman–Crippen LogP) is 1.87. The minimum Gasteiger partial charge on any atom is -0.341 e. The van der Waals surface area contributed by atoms with Crippen molar-refractivity contribution in [3.63, 3.8) is 0 Å². The van der Waals surface area contributed by atoms with Crippen LogP contribution in [0.25, 0.3) is 0 Å². The number of rotatable bonds is 6. The fourth-order valence-corrected chi connectivity index (χ4v) is 4.12. The second kappa shape index (κ2) is 9.65. The second-order valence-electron chi connectivity index (χ2n) is 8.55. The Bertz CT molecular complexity index is 658. The first-order chi connectivity index (χ1) is 13.5. The van der Waals surface area contributed by atoms with Crippen molar-refractivity contribution in [3.05, 3.63) is 17.5 Å². The zero-order valence-electron chi connectivity index (χ0n) is 18.0. The number of hydrogen-bond acceptors (Lipinski definition) is 6. The molecule has 28 heavy (non-hydrogen) atoms. The van der Waals surface area contributed by atoms with E-state index in [0.717, 1.165) is 63.8 Å². The van der Waals surface area contributed by atoms with Crippen LogP contribution in [0, 0.1) is 6.92 Å². The quantitative estimate of drug-likeness (QED) is 0.742. The molecule has 3 rings (SSSR count). The van der Waals surface area contributed by atoms with Crippen molar-refractivity contribution < 1.29 is 4.79 Å². The van der Waals surface area contributed by atoms with Crippen LogP contribution in [0.4, 0.5) is 5.95 Å². The molecule has 0 spiro atoms. The van der Waals surface area contributed by atoms with E-state index in [-0.39, 0.29) is 5.91 Å². The van der Waals surface area contributed by atoms with E-state index in [2.05, 4.69) is 45.8 Å². The fraction of sp³-hybridized carbons (Fsp3) is 0.762. The third kappa shape index (κ3) is 5.20. The molecular weight excluding hydrogens is 352 g/mol. The molecule has 1 aromatic heterocycles. The molecule has 0 N–H and O–H groups in total. The summed E-state index contributed by atoms with van der Waals surface area (Å²) in [7, 11) is 6.37. The van der Waals surface area contributed by atoms with Crippen LogP contribution in [0.3, 0.4) is 0 Å². The first-order valence-corrected chi connectivity index (χ1v) is 10.7. The summed E-state index contributed by atoms with van der Waals surface area (Å²) in [5.41, 5.74) is 1.45. The first kappa shape index (κ1) is 21.0. The molecule has 2 fully saturated rings. The van der Waals surface area contributed by atoms with Gasteiger partial charge in [-0.05, 0) is 60.2 Å². The van der Waals surface area contributed by atoms with Gasteiger partial charge in [0.25, 0.3) is 5.91 Å². The average molecular weight is 389 g/mol. The van der Waals surface area contributed by atoms with Crippen molar-refractivity contribution in [1.29, 1.82) is 0 Å². The fourth-order valence-electron chi connectivity index (χ4n) is 4.12. The number of aromatic nitrogens is 2. The zero-order valence-corrected chi connectivity index (χ0v) is 18.0. The molecule has 2 aliphatic rings. The standard InChI is InChI=1S/C21H36N6O/c1-17-19(15-22-21(23-17)26-10-6-5-7-11-26)20(28)27-12-8-9-18(16-27)25(4)14-13-24(2)3/h15,18H,5-14,16H2,1-4H3/t18-/m1/s1. The third-order valence-electron chi connectivity index (χ3n) is 6.04. The number of hydrogen-bond donors (Lipinski definition) is 0. The summed E-state index contributed by atoms with van der Waals surface area (Å²) >= 11 is 0. The Morgan fingerprint density at radius 3 is 2.54 bits per heavy atom. The maximum absolute atomic E-state index is 13.1. The van der Waals surface area contributed by atoms with E-state index in [1.807, 2.05) is 11.8 Å². The van der Waals surface area contributed by atoms with Crippen molar-refractivity contribution >= 4 is 11.9 Å². The van der Waals surface area contributed by atoms with E-state index in [4.69, 9.17) is 0 Å². The van der Waals surface area contributed by atoms with Crippen LogP contribution in [0.1, 0.15) is 48.2 Å². The lowest BCUT2D eigenvalue weighted by atomic mass is 10.0. The lowest BCUT2D eigenvalue weighted by Gasteiger charge is -2.38. The van der Waals surface area contributed by atoms with Gasteiger partial charge in [-0.15, -0.1) is 0 Å². The zero-order chi connectivity index (χ0) is 20.1. The van der Waals surface area contributed by atoms with E-state index < -0.39 is 0 Å². The van der Waals surface area contributed by atoms with Gasteiger partial charge < -0.3 is 19.6 Å². The molecule has 0 aromatic carbocycles. The molecule has 1 amide bonds. The number of aryl methyl sites for hydroxylation is 1. The van der Waals surface area contributed by atoms with Crippen molar-refractivity contribution in [2.45, 2.75) is 45.1 Å². The largest absolute Gasteiger partial charge is 0.341 e. The molecule has 2 aliphatic heterocycles. The molecule has 3 heterocycles. The Labute approximate surface area is 169 Å². The minimum absolute atomic E-state index is 0.0772. The summed E-state index contributed by atoms with van der Waals surface area (Å²) < 4.78 is 0. The summed E-state index contributed by atoms with van der Waals surface area (Å²) in [6.07, 6.45) is 7.61. The maximum atomic E-state index is 13.1. The van der Waals surface area contributed by atoms with E-state index >= 15 is 0 Å². The highest BCUT2D eigenvalue weighted by molar-refractivity contribution is 5.95. The molecule has 2 saturated heterocycles. The van der Waals surface area contributed by atoms with E-state index in [9.17, 15) is 4.79 Å². The number of amides is 1. The van der Waals surface area contributed by atoms with Crippen LogP contribution < -0.4 is 4.90 Å². The molecule has 156 valence electrons. The molecule has 0 saturated carbocycles. The van der Waals surface area contributed by atoms with Crippen LogP contribution in [-0.2, 0) is 0 Å². The summed E-state index contributed by atoms with van der Waals surface area (Å²) in [6.45, 7) is 7.63. The minimum atomic E-state index is 0.0772. The number of nitrogens with zero attached hydrogens (tertiary/aromatic N) is 6. The van der Waals surface area contributed by atoms with Crippen molar-refractivity contribution in [2.24, 2.45) is 0 Å². The lowest BCUT2D eigenvalue weighted by molar-refractivity contribution is 0.0602. The third-order valence-corrected chi connectivity index (χ3v) is 6.04. The maximum Gasteiger partial charge on any atom is 0.257 e. The van der Waals surface area contributed by atoms with Gasteiger partial charge in [-0.1, -0.05) is 0 Å². The topological polar surface area (TPSA) is 55.8 Å². The summed E-state index contributed by atoms with van der Waals surface area (Å²) in [5, 5.41) is 0. The number of carbonyl (C=O) groups is 1. The SMILES string of the molecule is Cc1nc(N2CCCCC2)ncc1C(=O)N1CCC[C@@H](N(C)CCN(C)C)C1. The van der Waals surface area contributed by atoms with Crippen LogP contribution in [0.2, 0.25) is 0 Å². The molecular formula is C21H36N6O. The van der Waals surface area contributed by atoms with E-state index in [1.165, 1.54) is 19.3 Å². The Balaban J connectivity index is 1.64. The molecule has 0 aliphatic carbocycles. The van der Waals surface area contributed by atoms with Gasteiger partial charge in [-0.2, -0.15) is 0 Å². The molecule has 0 unspecified atom stereocenters. The highest BCUT2D eigenvalue weighted by Gasteiger charge is 2.28. The highest BCUT2D eigenvalue weighted by Crippen LogP contribution is 2.20. The number of likely N-dealkylation sites (tertiary alicyclic amines) is 1. The van der Waals surface area contributed by atoms with Crippen LogP contribution in [0.15, 0.2) is 6.20 Å². The number of piperidine rings is 2. The summed E-state index contributed by atoms with van der Waals surface area (Å²) in [6, 6.07) is 0.423. The predicted molar refractivity (Wildman–Crippen MR) is 113 cm³/mol. The van der Waals surface area contributed by atoms with Crippen molar-refractivity contribution in [3.8, 4) is 0 Å². The summed E-state index contributed by atoms with van der Waals surface area (Å²) in [5.74, 6) is 0.849. The van der Waals surface area contributed by atoms with Gasteiger partial charge in [0.15, 0.2) is 0 Å². The number of carbonyl (C=O) groups excluding carboxylic acids is 1. The number of anilines is 1. The smallest absolute Gasteiger partial charge is 0.257 e. The van der Waals surface area contributed by atoms with Gasteiger partial charge in [-0.25, -0.2) is 9.97 Å². The van der Waals surface area contributed by atoms with Gasteiger partial charge in [0, 0.05) is 51.5 Å². The Hall–Kier alpha value is -1.73. The molecule has 7 nitrogen and oxygen atoms in total. The molecule has 7 heteroatoms. The molecule has 0 radical (unpaired) electrons. The van der Waals surface area contributed by atoms with Gasteiger partial charge in [-0.3, -0.25) is 4.79 Å². The Morgan fingerprint density at radius 2 is 1.86 bits per heavy atom. The van der Waals surface area contributed by atoms with Gasteiger partial charge in [0.1, 0.15) is 0 Å². The van der Waals surface area contributed by atoms with Crippen molar-refractivity contribution in [2.75, 3.05) is 65.3 Å². The van der Waals surface area contributed by atoms with Gasteiger partial charge >= 0.3 is 0 Å². The van der Waals surface area contributed by atoms with Crippen LogP contribution in [-0.4, -0.2) is 97.0 Å².